The summed E-state index contributed by atoms with van der Waals surface area (Å²) in [6, 6.07) is 13.8. The van der Waals surface area contributed by atoms with Crippen molar-refractivity contribution in [1.82, 2.24) is 14.5 Å². The van der Waals surface area contributed by atoms with E-state index in [9.17, 15) is 4.79 Å². The summed E-state index contributed by atoms with van der Waals surface area (Å²) in [6.45, 7) is 0. The number of hydrogen-bond donors (Lipinski definition) is 2. The normalized spacial score (nSPS) is 10.8. The summed E-state index contributed by atoms with van der Waals surface area (Å²) in [5.41, 5.74) is 2.24. The minimum atomic E-state index is -1.13. The summed E-state index contributed by atoms with van der Waals surface area (Å²) >= 11 is 5.94. The van der Waals surface area contributed by atoms with Gasteiger partial charge in [0.25, 0.3) is 0 Å². The summed E-state index contributed by atoms with van der Waals surface area (Å²) in [6.07, 6.45) is 1.37. The first-order valence-corrected chi connectivity index (χ1v) is 9.26. The minimum Gasteiger partial charge on any atom is -0.493 e. The first-order valence-electron chi connectivity index (χ1n) is 8.89. The van der Waals surface area contributed by atoms with Crippen LogP contribution >= 0.6 is 11.6 Å². The Hall–Kier alpha value is -3.78. The van der Waals surface area contributed by atoms with E-state index < -0.39 is 5.97 Å². The van der Waals surface area contributed by atoms with Crippen LogP contribution in [-0.4, -0.2) is 32.7 Å². The Morgan fingerprint density at radius 3 is 2.60 bits per heavy atom. The lowest BCUT2D eigenvalue weighted by atomic mass is 10.2. The van der Waals surface area contributed by atoms with Crippen molar-refractivity contribution in [1.29, 1.82) is 0 Å². The number of aromatic nitrogens is 3. The quantitative estimate of drug-likeness (QED) is 0.455. The largest absolute Gasteiger partial charge is 0.493 e. The minimum absolute atomic E-state index is 0.111. The van der Waals surface area contributed by atoms with E-state index >= 15 is 0 Å². The number of fused-ring (bicyclic) bond motifs is 1. The van der Waals surface area contributed by atoms with E-state index in [0.29, 0.717) is 33.7 Å². The summed E-state index contributed by atoms with van der Waals surface area (Å²) in [5, 5.41) is 13.0. The fourth-order valence-corrected chi connectivity index (χ4v) is 3.06. The monoisotopic (exact) mass is 424 g/mol. The predicted octanol–water partition coefficient (Wildman–Crippen LogP) is 4.86. The van der Waals surface area contributed by atoms with Crippen molar-refractivity contribution in [2.24, 2.45) is 7.05 Å². The molecule has 0 aliphatic rings. The molecule has 4 aromatic rings. The smallest absolute Gasteiger partial charge is 0.354 e. The molecule has 2 aromatic carbocycles. The number of aromatic carboxylic acids is 1. The number of ether oxygens (including phenoxy) is 2. The molecule has 0 bridgehead atoms. The van der Waals surface area contributed by atoms with Gasteiger partial charge in [0.05, 0.1) is 18.1 Å². The van der Waals surface area contributed by atoms with Crippen molar-refractivity contribution < 1.29 is 19.4 Å². The Bertz CT molecular complexity index is 1240. The van der Waals surface area contributed by atoms with Crippen LogP contribution in [0.5, 0.6) is 17.2 Å². The van der Waals surface area contributed by atoms with Crippen LogP contribution in [0.25, 0.3) is 11.0 Å². The maximum atomic E-state index is 11.1. The third-order valence-corrected chi connectivity index (χ3v) is 4.70. The van der Waals surface area contributed by atoms with Gasteiger partial charge in [-0.3, -0.25) is 0 Å². The molecule has 9 heteroatoms. The summed E-state index contributed by atoms with van der Waals surface area (Å²) in [4.78, 5) is 19.6. The van der Waals surface area contributed by atoms with Gasteiger partial charge in [-0.1, -0.05) is 11.6 Å². The SMILES string of the molecule is COc1cc2c(cc1Oc1ccnc(C(=O)O)c1)nc(Nc1ccc(Cl)cc1)n2C. The molecule has 0 saturated carbocycles. The molecule has 0 spiro atoms. The van der Waals surface area contributed by atoms with Gasteiger partial charge < -0.3 is 24.5 Å². The lowest BCUT2D eigenvalue weighted by Crippen LogP contribution is -2.00. The van der Waals surface area contributed by atoms with Gasteiger partial charge in [-0.15, -0.1) is 0 Å². The fraction of sp³-hybridized carbons (Fsp3) is 0.0952. The van der Waals surface area contributed by atoms with Crippen LogP contribution in [0.3, 0.4) is 0 Å². The van der Waals surface area contributed by atoms with Crippen molar-refractivity contribution in [3.05, 3.63) is 65.4 Å². The topological polar surface area (TPSA) is 98.5 Å². The number of nitrogens with one attached hydrogen (secondary N) is 1. The lowest BCUT2D eigenvalue weighted by Gasteiger charge is -2.11. The molecule has 0 aliphatic carbocycles. The number of anilines is 2. The third kappa shape index (κ3) is 3.85. The molecule has 0 unspecified atom stereocenters. The van der Waals surface area contributed by atoms with E-state index in [1.165, 1.54) is 19.4 Å². The number of hydrogen-bond acceptors (Lipinski definition) is 6. The number of carboxylic acid groups (broad SMARTS) is 1. The second-order valence-electron chi connectivity index (χ2n) is 6.40. The molecule has 2 heterocycles. The van der Waals surface area contributed by atoms with Crippen molar-refractivity contribution in [3.63, 3.8) is 0 Å². The number of rotatable bonds is 6. The number of benzene rings is 2. The molecular formula is C21H17ClN4O4. The van der Waals surface area contributed by atoms with Gasteiger partial charge in [0.2, 0.25) is 5.95 Å². The number of pyridine rings is 1. The zero-order valence-corrected chi connectivity index (χ0v) is 16.8. The first kappa shape index (κ1) is 19.5. The highest BCUT2D eigenvalue weighted by molar-refractivity contribution is 6.30. The number of nitrogens with zero attached hydrogens (tertiary/aromatic N) is 3. The third-order valence-electron chi connectivity index (χ3n) is 4.44. The zero-order chi connectivity index (χ0) is 21.3. The van der Waals surface area contributed by atoms with E-state index in [-0.39, 0.29) is 5.69 Å². The van der Waals surface area contributed by atoms with Crippen LogP contribution < -0.4 is 14.8 Å². The van der Waals surface area contributed by atoms with E-state index in [1.807, 2.05) is 29.8 Å². The molecule has 2 aromatic heterocycles. The van der Waals surface area contributed by atoms with Gasteiger partial charge in [0.15, 0.2) is 17.2 Å². The molecule has 8 nitrogen and oxygen atoms in total. The zero-order valence-electron chi connectivity index (χ0n) is 16.1. The molecule has 30 heavy (non-hydrogen) atoms. The number of methoxy groups -OCH3 is 1. The van der Waals surface area contributed by atoms with Gasteiger partial charge in [-0.05, 0) is 30.3 Å². The summed E-state index contributed by atoms with van der Waals surface area (Å²) in [5.74, 6) is 0.713. The molecule has 0 amide bonds. The highest BCUT2D eigenvalue weighted by Crippen LogP contribution is 2.36. The number of halogens is 1. The first-order chi connectivity index (χ1) is 14.4. The number of aryl methyl sites for hydroxylation is 1. The lowest BCUT2D eigenvalue weighted by molar-refractivity contribution is 0.0690. The average Bonchev–Trinajstić information content (AvgIpc) is 3.03. The molecule has 0 aliphatic heterocycles. The van der Waals surface area contributed by atoms with Crippen molar-refractivity contribution in [3.8, 4) is 17.2 Å². The average molecular weight is 425 g/mol. The highest BCUT2D eigenvalue weighted by Gasteiger charge is 2.15. The number of carbonyl (C=O) groups is 1. The molecule has 2 N–H and O–H groups in total. The maximum Gasteiger partial charge on any atom is 0.354 e. The highest BCUT2D eigenvalue weighted by atomic mass is 35.5. The summed E-state index contributed by atoms with van der Waals surface area (Å²) in [7, 11) is 3.42. The molecule has 4 rings (SSSR count). The predicted molar refractivity (Wildman–Crippen MR) is 113 cm³/mol. The van der Waals surface area contributed by atoms with Crippen molar-refractivity contribution in [2.75, 3.05) is 12.4 Å². The van der Waals surface area contributed by atoms with E-state index in [0.717, 1.165) is 11.2 Å². The number of imidazole rings is 1. The van der Waals surface area contributed by atoms with Crippen LogP contribution in [0.2, 0.25) is 5.02 Å². The second kappa shape index (κ2) is 7.92. The van der Waals surface area contributed by atoms with Gasteiger partial charge in [0.1, 0.15) is 5.75 Å². The Kier molecular flexibility index (Phi) is 5.16. The Morgan fingerprint density at radius 2 is 1.90 bits per heavy atom. The Labute approximate surface area is 176 Å². The molecule has 0 saturated heterocycles. The van der Waals surface area contributed by atoms with Crippen LogP contribution in [0, 0.1) is 0 Å². The standard InChI is InChI=1S/C21H17ClN4O4/c1-26-17-11-18(29-2)19(30-14-7-8-23-16(9-14)20(27)28)10-15(17)25-21(26)24-13-5-3-12(22)4-6-13/h3-11H,1-2H3,(H,24,25)(H,27,28). The van der Waals surface area contributed by atoms with Gasteiger partial charge in [-0.25, -0.2) is 14.8 Å². The Balaban J connectivity index is 1.70. The van der Waals surface area contributed by atoms with Crippen molar-refractivity contribution in [2.45, 2.75) is 0 Å². The molecule has 0 atom stereocenters. The maximum absolute atomic E-state index is 11.1. The van der Waals surface area contributed by atoms with Crippen molar-refractivity contribution >= 4 is 40.2 Å². The van der Waals surface area contributed by atoms with E-state index in [1.54, 1.807) is 24.3 Å². The van der Waals surface area contributed by atoms with Crippen LogP contribution in [0.4, 0.5) is 11.6 Å². The van der Waals surface area contributed by atoms with Crippen LogP contribution in [0.1, 0.15) is 10.5 Å². The van der Waals surface area contributed by atoms with Crippen LogP contribution in [-0.2, 0) is 7.05 Å². The van der Waals surface area contributed by atoms with Crippen LogP contribution in [0.15, 0.2) is 54.7 Å². The van der Waals surface area contributed by atoms with Gasteiger partial charge in [-0.2, -0.15) is 0 Å². The van der Waals surface area contributed by atoms with Gasteiger partial charge >= 0.3 is 5.97 Å². The molecule has 152 valence electrons. The summed E-state index contributed by atoms with van der Waals surface area (Å²) < 4.78 is 13.2. The molecular weight excluding hydrogens is 408 g/mol. The number of carboxylic acids is 1. The van der Waals surface area contributed by atoms with Gasteiger partial charge in [0, 0.05) is 42.2 Å². The van der Waals surface area contributed by atoms with E-state index in [2.05, 4.69) is 15.3 Å². The molecule has 0 radical (unpaired) electrons. The second-order valence-corrected chi connectivity index (χ2v) is 6.84. The fourth-order valence-electron chi connectivity index (χ4n) is 2.93. The Morgan fingerprint density at radius 1 is 1.13 bits per heavy atom. The van der Waals surface area contributed by atoms with E-state index in [4.69, 9.17) is 26.2 Å². The molecule has 0 fully saturated rings.